The van der Waals surface area contributed by atoms with Gasteiger partial charge in [0.2, 0.25) is 5.95 Å². The fourth-order valence-corrected chi connectivity index (χ4v) is 3.65. The highest BCUT2D eigenvalue weighted by Crippen LogP contribution is 2.35. The third kappa shape index (κ3) is 3.45. The van der Waals surface area contributed by atoms with E-state index in [1.165, 1.54) is 0 Å². The number of hydrogen-bond donors (Lipinski definition) is 2. The van der Waals surface area contributed by atoms with Crippen LogP contribution in [0.15, 0.2) is 29.9 Å². The molecule has 1 atom stereocenters. The molecule has 0 aliphatic carbocycles. The number of halogens is 1. The molecule has 134 valence electrons. The molecule has 0 radical (unpaired) electrons. The summed E-state index contributed by atoms with van der Waals surface area (Å²) in [5.74, 6) is 2.92. The average Bonchev–Trinajstić information content (AvgIpc) is 3.24. The Morgan fingerprint density at radius 2 is 2.04 bits per heavy atom. The van der Waals surface area contributed by atoms with Crippen LogP contribution in [0.3, 0.4) is 0 Å². The predicted octanol–water partition coefficient (Wildman–Crippen LogP) is 2.70. The van der Waals surface area contributed by atoms with Gasteiger partial charge >= 0.3 is 0 Å². The average molecular weight is 372 g/mol. The fraction of sp³-hybridized carbons (Fsp3) is 0.312. The number of aryl methyl sites for hydroxylation is 1. The molecule has 8 nitrogen and oxygen atoms in total. The lowest BCUT2D eigenvalue weighted by atomic mass is 10.2. The first-order valence-corrected chi connectivity index (χ1v) is 9.10. The summed E-state index contributed by atoms with van der Waals surface area (Å²) in [6.45, 7) is 1.88. The molecule has 10 heteroatoms. The zero-order chi connectivity index (χ0) is 18.1. The van der Waals surface area contributed by atoms with Crippen LogP contribution in [0.25, 0.3) is 0 Å². The van der Waals surface area contributed by atoms with Crippen molar-refractivity contribution in [1.82, 2.24) is 29.5 Å². The van der Waals surface area contributed by atoms with Crippen LogP contribution >= 0.6 is 11.8 Å². The SMILES string of the molecule is CC(Nc1nc(Nc2cn(C)cn2)c2c(n1)SCC2)c1ncc(F)cn1. The third-order valence-corrected chi connectivity index (χ3v) is 4.90. The number of fused-ring (bicyclic) bond motifs is 1. The molecule has 1 aliphatic heterocycles. The minimum absolute atomic E-state index is 0.261. The maximum Gasteiger partial charge on any atom is 0.226 e. The molecule has 0 aromatic carbocycles. The maximum atomic E-state index is 13.0. The number of rotatable bonds is 5. The van der Waals surface area contributed by atoms with Crippen LogP contribution in [0.1, 0.15) is 24.4 Å². The van der Waals surface area contributed by atoms with Gasteiger partial charge in [-0.25, -0.2) is 24.3 Å². The summed E-state index contributed by atoms with van der Waals surface area (Å²) in [4.78, 5) is 21.5. The molecule has 1 unspecified atom stereocenters. The van der Waals surface area contributed by atoms with Crippen LogP contribution in [0.2, 0.25) is 0 Å². The molecular weight excluding hydrogens is 355 g/mol. The highest BCUT2D eigenvalue weighted by atomic mass is 32.2. The molecule has 26 heavy (non-hydrogen) atoms. The largest absolute Gasteiger partial charge is 0.344 e. The van der Waals surface area contributed by atoms with E-state index in [4.69, 9.17) is 0 Å². The second kappa shape index (κ2) is 6.87. The number of aromatic nitrogens is 6. The summed E-state index contributed by atoms with van der Waals surface area (Å²) >= 11 is 1.70. The monoisotopic (exact) mass is 372 g/mol. The zero-order valence-corrected chi connectivity index (χ0v) is 15.1. The van der Waals surface area contributed by atoms with Crippen LogP contribution in [0.4, 0.5) is 22.0 Å². The van der Waals surface area contributed by atoms with E-state index in [0.29, 0.717) is 11.8 Å². The Kier molecular flexibility index (Phi) is 4.41. The summed E-state index contributed by atoms with van der Waals surface area (Å²) in [5.41, 5.74) is 1.09. The van der Waals surface area contributed by atoms with Gasteiger partial charge in [0.25, 0.3) is 0 Å². The molecule has 3 aromatic heterocycles. The normalized spacial score (nSPS) is 14.1. The summed E-state index contributed by atoms with van der Waals surface area (Å²) < 4.78 is 14.9. The molecule has 0 fully saturated rings. The van der Waals surface area contributed by atoms with Gasteiger partial charge in [0.15, 0.2) is 5.82 Å². The summed E-state index contributed by atoms with van der Waals surface area (Å²) in [7, 11) is 1.91. The number of nitrogens with zero attached hydrogens (tertiary/aromatic N) is 6. The Hall–Kier alpha value is -2.75. The van der Waals surface area contributed by atoms with Crippen LogP contribution in [-0.2, 0) is 13.5 Å². The van der Waals surface area contributed by atoms with Crippen LogP contribution in [0, 0.1) is 5.82 Å². The van der Waals surface area contributed by atoms with Crippen LogP contribution in [0.5, 0.6) is 0 Å². The second-order valence-electron chi connectivity index (χ2n) is 5.95. The molecule has 2 N–H and O–H groups in total. The summed E-state index contributed by atoms with van der Waals surface area (Å²) in [6, 6.07) is -0.261. The smallest absolute Gasteiger partial charge is 0.226 e. The molecule has 0 amide bonds. The Balaban J connectivity index is 1.60. The summed E-state index contributed by atoms with van der Waals surface area (Å²) in [5, 5.41) is 7.41. The standard InChI is InChI=1S/C16H17FN8S/c1-9(13-18-5-10(17)6-19-13)21-16-23-14(11-3-4-26-15(11)24-16)22-12-7-25(2)8-20-12/h5-9H,3-4H2,1-2H3,(H2,21,22,23,24). The van der Waals surface area contributed by atoms with Crippen molar-refractivity contribution in [3.05, 3.63) is 42.1 Å². The first-order valence-electron chi connectivity index (χ1n) is 8.11. The van der Waals surface area contributed by atoms with E-state index in [-0.39, 0.29) is 6.04 Å². The van der Waals surface area contributed by atoms with E-state index in [1.54, 1.807) is 18.1 Å². The lowest BCUT2D eigenvalue weighted by molar-refractivity contribution is 0.604. The Morgan fingerprint density at radius 3 is 2.77 bits per heavy atom. The van der Waals surface area contributed by atoms with Crippen LogP contribution < -0.4 is 10.6 Å². The van der Waals surface area contributed by atoms with E-state index in [1.807, 2.05) is 24.7 Å². The minimum atomic E-state index is -0.465. The quantitative estimate of drug-likeness (QED) is 0.661. The molecule has 0 bridgehead atoms. The van der Waals surface area contributed by atoms with Crippen molar-refractivity contribution in [3.63, 3.8) is 0 Å². The number of anilines is 3. The number of thioether (sulfide) groups is 1. The van der Waals surface area contributed by atoms with E-state index in [0.717, 1.165) is 46.8 Å². The highest BCUT2D eigenvalue weighted by Gasteiger charge is 2.22. The van der Waals surface area contributed by atoms with Gasteiger partial charge in [-0.3, -0.25) is 0 Å². The number of imidazole rings is 1. The maximum absolute atomic E-state index is 13.0. The van der Waals surface area contributed by atoms with Gasteiger partial charge < -0.3 is 15.2 Å². The first-order chi connectivity index (χ1) is 12.6. The molecule has 0 saturated heterocycles. The highest BCUT2D eigenvalue weighted by molar-refractivity contribution is 7.99. The van der Waals surface area contributed by atoms with Gasteiger partial charge in [-0.1, -0.05) is 0 Å². The molecule has 0 saturated carbocycles. The number of hydrogen-bond acceptors (Lipinski definition) is 8. The van der Waals surface area contributed by atoms with Crippen molar-refractivity contribution in [1.29, 1.82) is 0 Å². The van der Waals surface area contributed by atoms with Crippen molar-refractivity contribution in [2.75, 3.05) is 16.4 Å². The van der Waals surface area contributed by atoms with Gasteiger partial charge in [0, 0.05) is 24.6 Å². The van der Waals surface area contributed by atoms with E-state index < -0.39 is 5.82 Å². The van der Waals surface area contributed by atoms with Crippen molar-refractivity contribution < 1.29 is 4.39 Å². The molecule has 4 heterocycles. The molecule has 1 aliphatic rings. The third-order valence-electron chi connectivity index (χ3n) is 3.88. The zero-order valence-electron chi connectivity index (χ0n) is 14.3. The van der Waals surface area contributed by atoms with E-state index in [9.17, 15) is 4.39 Å². The molecular formula is C16H17FN8S. The van der Waals surface area contributed by atoms with Gasteiger partial charge in [-0.2, -0.15) is 4.98 Å². The van der Waals surface area contributed by atoms with Crippen molar-refractivity contribution in [3.8, 4) is 0 Å². The number of nitrogens with one attached hydrogen (secondary N) is 2. The Bertz CT molecular complexity index is 926. The Morgan fingerprint density at radius 1 is 1.23 bits per heavy atom. The fourth-order valence-electron chi connectivity index (χ4n) is 2.63. The van der Waals surface area contributed by atoms with Gasteiger partial charge in [-0.05, 0) is 13.3 Å². The lowest BCUT2D eigenvalue weighted by Gasteiger charge is -2.15. The second-order valence-corrected chi connectivity index (χ2v) is 7.04. The van der Waals surface area contributed by atoms with Crippen molar-refractivity contribution in [2.45, 2.75) is 24.4 Å². The molecule has 0 spiro atoms. The van der Waals surface area contributed by atoms with Gasteiger partial charge in [0.05, 0.1) is 24.8 Å². The topological polar surface area (TPSA) is 93.4 Å². The van der Waals surface area contributed by atoms with Crippen molar-refractivity contribution >= 4 is 29.3 Å². The van der Waals surface area contributed by atoms with Gasteiger partial charge in [-0.15, -0.1) is 11.8 Å². The molecule has 4 rings (SSSR count). The van der Waals surface area contributed by atoms with Crippen LogP contribution in [-0.4, -0.2) is 35.2 Å². The summed E-state index contributed by atoms with van der Waals surface area (Å²) in [6.07, 6.45) is 6.82. The van der Waals surface area contributed by atoms with Crippen molar-refractivity contribution in [2.24, 2.45) is 7.05 Å². The first kappa shape index (κ1) is 16.7. The lowest BCUT2D eigenvalue weighted by Crippen LogP contribution is -2.14. The molecule has 3 aromatic rings. The van der Waals surface area contributed by atoms with E-state index in [2.05, 4.69) is 35.6 Å². The Labute approximate surface area is 153 Å². The van der Waals surface area contributed by atoms with E-state index >= 15 is 0 Å². The van der Waals surface area contributed by atoms with Gasteiger partial charge in [0.1, 0.15) is 22.5 Å². The predicted molar refractivity (Wildman–Crippen MR) is 97.0 cm³/mol. The minimum Gasteiger partial charge on any atom is -0.344 e.